The van der Waals surface area contributed by atoms with Gasteiger partial charge in [-0.15, -0.1) is 0 Å². The highest BCUT2D eigenvalue weighted by Gasteiger charge is 2.29. The molecule has 0 spiro atoms. The molecule has 134 valence electrons. The Morgan fingerprint density at radius 1 is 1.25 bits per heavy atom. The first-order valence-electron chi connectivity index (χ1n) is 8.36. The molecule has 0 bridgehead atoms. The summed E-state index contributed by atoms with van der Waals surface area (Å²) in [6.07, 6.45) is 0.823. The molecular formula is C17H27N3O3S. The average molecular weight is 353 g/mol. The third kappa shape index (κ3) is 4.15. The van der Waals surface area contributed by atoms with Crippen molar-refractivity contribution in [2.45, 2.75) is 38.1 Å². The Kier molecular flexibility index (Phi) is 6.01. The van der Waals surface area contributed by atoms with Gasteiger partial charge >= 0.3 is 0 Å². The van der Waals surface area contributed by atoms with Crippen molar-refractivity contribution in [1.82, 2.24) is 14.5 Å². The normalized spacial score (nSPS) is 18.3. The second-order valence-electron chi connectivity index (χ2n) is 6.47. The number of sulfonamides is 1. The number of rotatable bonds is 5. The summed E-state index contributed by atoms with van der Waals surface area (Å²) in [6.45, 7) is 8.05. The fourth-order valence-electron chi connectivity index (χ4n) is 2.60. The van der Waals surface area contributed by atoms with Crippen LogP contribution in [0.25, 0.3) is 0 Å². The van der Waals surface area contributed by atoms with E-state index in [0.717, 1.165) is 6.42 Å². The molecule has 24 heavy (non-hydrogen) atoms. The van der Waals surface area contributed by atoms with Crippen molar-refractivity contribution >= 4 is 15.9 Å². The van der Waals surface area contributed by atoms with E-state index in [1.807, 2.05) is 20.9 Å². The maximum absolute atomic E-state index is 12.9. The summed E-state index contributed by atoms with van der Waals surface area (Å²) in [5.74, 6) is -0.237. The fraction of sp³-hybridized carbons (Fsp3) is 0.588. The molecule has 1 amide bonds. The van der Waals surface area contributed by atoms with Gasteiger partial charge in [-0.3, -0.25) is 4.79 Å². The van der Waals surface area contributed by atoms with E-state index in [9.17, 15) is 13.2 Å². The predicted molar refractivity (Wildman–Crippen MR) is 94.7 cm³/mol. The number of hydrogen-bond donors (Lipinski definition) is 1. The van der Waals surface area contributed by atoms with Crippen molar-refractivity contribution in [3.05, 3.63) is 29.3 Å². The molecule has 1 fully saturated rings. The van der Waals surface area contributed by atoms with Crippen LogP contribution in [0.15, 0.2) is 23.1 Å². The Labute approximate surface area is 144 Å². The molecule has 0 radical (unpaired) electrons. The minimum atomic E-state index is -3.58. The van der Waals surface area contributed by atoms with Gasteiger partial charge in [-0.2, -0.15) is 4.31 Å². The minimum Gasteiger partial charge on any atom is -0.350 e. The van der Waals surface area contributed by atoms with Crippen molar-refractivity contribution in [3.8, 4) is 0 Å². The van der Waals surface area contributed by atoms with Gasteiger partial charge in [0.2, 0.25) is 10.0 Å². The van der Waals surface area contributed by atoms with Gasteiger partial charge in [-0.05, 0) is 45.0 Å². The van der Waals surface area contributed by atoms with Crippen LogP contribution in [0.2, 0.25) is 0 Å². The smallest absolute Gasteiger partial charge is 0.251 e. The third-order valence-corrected chi connectivity index (χ3v) is 6.56. The summed E-state index contributed by atoms with van der Waals surface area (Å²) >= 11 is 0. The summed E-state index contributed by atoms with van der Waals surface area (Å²) < 4.78 is 27.4. The molecule has 1 aliphatic heterocycles. The highest BCUT2D eigenvalue weighted by atomic mass is 32.2. The van der Waals surface area contributed by atoms with Crippen LogP contribution < -0.4 is 5.32 Å². The van der Waals surface area contributed by atoms with Crippen molar-refractivity contribution in [1.29, 1.82) is 0 Å². The monoisotopic (exact) mass is 353 g/mol. The van der Waals surface area contributed by atoms with Crippen LogP contribution in [0.5, 0.6) is 0 Å². The molecule has 0 aromatic heterocycles. The first-order valence-corrected chi connectivity index (χ1v) is 9.80. The molecule has 7 heteroatoms. The van der Waals surface area contributed by atoms with Gasteiger partial charge in [0.15, 0.2) is 0 Å². The molecule has 1 heterocycles. The van der Waals surface area contributed by atoms with Gasteiger partial charge in [0.1, 0.15) is 0 Å². The number of nitrogens with one attached hydrogen (secondary N) is 1. The molecule has 2 rings (SSSR count). The second kappa shape index (κ2) is 7.63. The molecule has 1 N–H and O–H groups in total. The molecule has 1 saturated heterocycles. The van der Waals surface area contributed by atoms with Crippen LogP contribution in [0, 0.1) is 6.92 Å². The van der Waals surface area contributed by atoms with Gasteiger partial charge in [-0.1, -0.05) is 13.0 Å². The average Bonchev–Trinajstić information content (AvgIpc) is 2.55. The summed E-state index contributed by atoms with van der Waals surface area (Å²) in [5, 5.41) is 2.88. The van der Waals surface area contributed by atoms with E-state index in [0.29, 0.717) is 37.3 Å². The number of likely N-dealkylation sites (N-methyl/N-ethyl adjacent to an activating group) is 1. The summed E-state index contributed by atoms with van der Waals surface area (Å²) in [7, 11) is -1.60. The molecule has 1 aliphatic rings. The van der Waals surface area contributed by atoms with Crippen molar-refractivity contribution in [2.24, 2.45) is 0 Å². The molecule has 1 aromatic rings. The highest BCUT2D eigenvalue weighted by Crippen LogP contribution is 2.22. The Balaban J connectivity index is 2.29. The van der Waals surface area contributed by atoms with Crippen LogP contribution in [0.4, 0.5) is 0 Å². The van der Waals surface area contributed by atoms with Gasteiger partial charge in [0, 0.05) is 37.8 Å². The number of amides is 1. The number of carbonyl (C=O) groups excluding carboxylic acids is 1. The molecule has 1 atom stereocenters. The molecule has 0 saturated carbocycles. The lowest BCUT2D eigenvalue weighted by atomic mass is 10.1. The van der Waals surface area contributed by atoms with E-state index in [4.69, 9.17) is 0 Å². The first kappa shape index (κ1) is 18.9. The summed E-state index contributed by atoms with van der Waals surface area (Å²) in [5.41, 5.74) is 1.04. The van der Waals surface area contributed by atoms with Gasteiger partial charge in [-0.25, -0.2) is 8.42 Å². The SMILES string of the molecule is CC[C@@H](C)NC(=O)c1ccc(C)c(S(=O)(=O)N2CCN(C)CC2)c1. The number of piperazine rings is 1. The number of nitrogens with zero attached hydrogens (tertiary/aromatic N) is 2. The Morgan fingerprint density at radius 2 is 1.88 bits per heavy atom. The van der Waals surface area contributed by atoms with Crippen molar-refractivity contribution in [2.75, 3.05) is 33.2 Å². The molecule has 0 aliphatic carbocycles. The largest absolute Gasteiger partial charge is 0.350 e. The van der Waals surface area contributed by atoms with Gasteiger partial charge in [0.05, 0.1) is 4.90 Å². The number of hydrogen-bond acceptors (Lipinski definition) is 4. The molecule has 1 aromatic carbocycles. The lowest BCUT2D eigenvalue weighted by Crippen LogP contribution is -2.47. The van der Waals surface area contributed by atoms with Crippen molar-refractivity contribution in [3.63, 3.8) is 0 Å². The molecule has 0 unspecified atom stereocenters. The van der Waals surface area contributed by atoms with E-state index in [1.165, 1.54) is 10.4 Å². The topological polar surface area (TPSA) is 69.7 Å². The molecule has 6 nitrogen and oxygen atoms in total. The summed E-state index contributed by atoms with van der Waals surface area (Å²) in [6, 6.07) is 4.93. The summed E-state index contributed by atoms with van der Waals surface area (Å²) in [4.78, 5) is 14.6. The highest BCUT2D eigenvalue weighted by molar-refractivity contribution is 7.89. The predicted octanol–water partition coefficient (Wildman–Crippen LogP) is 1.46. The Morgan fingerprint density at radius 3 is 2.46 bits per heavy atom. The standard InChI is InChI=1S/C17H27N3O3S/c1-5-14(3)18-17(21)15-7-6-13(2)16(12-15)24(22,23)20-10-8-19(4)9-11-20/h6-7,12,14H,5,8-11H2,1-4H3,(H,18,21)/t14-/m1/s1. The lowest BCUT2D eigenvalue weighted by Gasteiger charge is -2.32. The second-order valence-corrected chi connectivity index (χ2v) is 8.38. The maximum atomic E-state index is 12.9. The van der Waals surface area contributed by atoms with Crippen LogP contribution in [0.3, 0.4) is 0 Å². The lowest BCUT2D eigenvalue weighted by molar-refractivity contribution is 0.0939. The quantitative estimate of drug-likeness (QED) is 0.870. The first-order chi connectivity index (χ1) is 11.3. The van der Waals surface area contributed by atoms with E-state index in [2.05, 4.69) is 10.2 Å². The van der Waals surface area contributed by atoms with Crippen LogP contribution in [0.1, 0.15) is 36.2 Å². The number of carbonyl (C=O) groups is 1. The zero-order valence-electron chi connectivity index (χ0n) is 14.9. The van der Waals surface area contributed by atoms with Crippen LogP contribution in [-0.2, 0) is 10.0 Å². The molecular weight excluding hydrogens is 326 g/mol. The number of aryl methyl sites for hydroxylation is 1. The zero-order chi connectivity index (χ0) is 17.9. The number of benzene rings is 1. The van der Waals surface area contributed by atoms with E-state index in [-0.39, 0.29) is 16.8 Å². The maximum Gasteiger partial charge on any atom is 0.251 e. The van der Waals surface area contributed by atoms with E-state index >= 15 is 0 Å². The van der Waals surface area contributed by atoms with Crippen LogP contribution in [-0.4, -0.2) is 62.8 Å². The third-order valence-electron chi connectivity index (χ3n) is 4.52. The van der Waals surface area contributed by atoms with E-state index < -0.39 is 10.0 Å². The Bertz CT molecular complexity index is 695. The minimum absolute atomic E-state index is 0.0523. The van der Waals surface area contributed by atoms with Gasteiger partial charge in [0.25, 0.3) is 5.91 Å². The Hall–Kier alpha value is -1.44. The van der Waals surface area contributed by atoms with Gasteiger partial charge < -0.3 is 10.2 Å². The van der Waals surface area contributed by atoms with E-state index in [1.54, 1.807) is 19.1 Å². The van der Waals surface area contributed by atoms with Crippen LogP contribution >= 0.6 is 0 Å². The zero-order valence-corrected chi connectivity index (χ0v) is 15.7. The van der Waals surface area contributed by atoms with Crippen molar-refractivity contribution < 1.29 is 13.2 Å². The fourth-order valence-corrected chi connectivity index (χ4v) is 4.27.